The summed E-state index contributed by atoms with van der Waals surface area (Å²) in [4.78, 5) is 14.9. The number of alkyl halides is 2. The Bertz CT molecular complexity index is 1860. The number of sulfone groups is 1. The van der Waals surface area contributed by atoms with E-state index in [1.807, 2.05) is 19.1 Å². The minimum absolute atomic E-state index is 0.0178. The number of fused-ring (bicyclic) bond motifs is 1. The van der Waals surface area contributed by atoms with Gasteiger partial charge in [0.25, 0.3) is 6.43 Å². The number of aromatic amines is 1. The number of nitrogens with zero attached hydrogens (tertiary/aromatic N) is 6. The van der Waals surface area contributed by atoms with Gasteiger partial charge in [0.15, 0.2) is 21.3 Å². The van der Waals surface area contributed by atoms with Crippen molar-refractivity contribution in [3.63, 3.8) is 0 Å². The van der Waals surface area contributed by atoms with Crippen LogP contribution in [-0.2, 0) is 16.9 Å². The molecule has 14 heteroatoms. The van der Waals surface area contributed by atoms with Crippen LogP contribution in [0.5, 0.6) is 0 Å². The van der Waals surface area contributed by atoms with Gasteiger partial charge in [0, 0.05) is 30.6 Å². The average molecular weight is 550 g/mol. The number of aromatic nitrogens is 6. The fraction of sp³-hybridized carbons (Fsp3) is 0.160. The van der Waals surface area contributed by atoms with Crippen LogP contribution in [0.1, 0.15) is 23.6 Å². The van der Waals surface area contributed by atoms with Gasteiger partial charge >= 0.3 is 0 Å². The number of anilines is 4. The van der Waals surface area contributed by atoms with Crippen LogP contribution in [-0.4, -0.2) is 44.4 Å². The first-order valence-corrected chi connectivity index (χ1v) is 13.4. The van der Waals surface area contributed by atoms with Crippen LogP contribution in [0.25, 0.3) is 22.4 Å². The number of imidazole rings is 1. The van der Waals surface area contributed by atoms with Crippen LogP contribution in [0.3, 0.4) is 0 Å². The fourth-order valence-corrected chi connectivity index (χ4v) is 4.77. The fourth-order valence-electron chi connectivity index (χ4n) is 3.91. The predicted octanol–water partition coefficient (Wildman–Crippen LogP) is 4.76. The second kappa shape index (κ2) is 9.76. The molecule has 5 aromatic rings. The lowest BCUT2D eigenvalue weighted by Gasteiger charge is -2.14. The molecule has 0 radical (unpaired) electrons. The van der Waals surface area contributed by atoms with Crippen molar-refractivity contribution in [1.29, 1.82) is 5.26 Å². The first kappa shape index (κ1) is 25.7. The van der Waals surface area contributed by atoms with E-state index in [1.165, 1.54) is 18.2 Å². The largest absolute Gasteiger partial charge is 0.352 e. The molecule has 0 spiro atoms. The molecule has 0 atom stereocenters. The van der Waals surface area contributed by atoms with Gasteiger partial charge in [-0.3, -0.25) is 4.68 Å². The van der Waals surface area contributed by atoms with Crippen molar-refractivity contribution in [1.82, 2.24) is 29.7 Å². The topological polar surface area (TPSA) is 154 Å². The number of hydrogen-bond acceptors (Lipinski definition) is 9. The van der Waals surface area contributed by atoms with Crippen molar-refractivity contribution < 1.29 is 17.2 Å². The SMILES string of the molecule is Cc1cc(-c2ccc(Nc3cc(Nc4cccc(C#N)n4)nc4[nH]c(C(F)F)nc34)c(S(C)(=O)=O)c2)nn1C. The maximum Gasteiger partial charge on any atom is 0.295 e. The Labute approximate surface area is 221 Å². The Morgan fingerprint density at radius 3 is 2.49 bits per heavy atom. The van der Waals surface area contributed by atoms with Crippen molar-refractivity contribution in [2.24, 2.45) is 7.05 Å². The van der Waals surface area contributed by atoms with E-state index in [2.05, 4.69) is 35.7 Å². The molecular formula is C25H21F2N9O2S. The normalized spacial score (nSPS) is 11.6. The summed E-state index contributed by atoms with van der Waals surface area (Å²) >= 11 is 0. The van der Waals surface area contributed by atoms with Crippen molar-refractivity contribution in [3.05, 3.63) is 65.7 Å². The van der Waals surface area contributed by atoms with Gasteiger partial charge in [0.2, 0.25) is 0 Å². The van der Waals surface area contributed by atoms with Crippen LogP contribution in [0.15, 0.2) is 53.4 Å². The number of aryl methyl sites for hydroxylation is 2. The van der Waals surface area contributed by atoms with Gasteiger partial charge in [-0.05, 0) is 37.3 Å². The van der Waals surface area contributed by atoms with Crippen LogP contribution >= 0.6 is 0 Å². The van der Waals surface area contributed by atoms with E-state index in [-0.39, 0.29) is 38.9 Å². The molecule has 0 aliphatic heterocycles. The summed E-state index contributed by atoms with van der Waals surface area (Å²) in [6.07, 6.45) is -1.81. The van der Waals surface area contributed by atoms with Crippen molar-refractivity contribution in [2.45, 2.75) is 18.2 Å². The van der Waals surface area contributed by atoms with E-state index in [9.17, 15) is 17.2 Å². The lowest BCUT2D eigenvalue weighted by molar-refractivity contribution is 0.142. The first-order chi connectivity index (χ1) is 18.5. The Kier molecular flexibility index (Phi) is 6.44. The summed E-state index contributed by atoms with van der Waals surface area (Å²) in [6.45, 7) is 1.88. The highest BCUT2D eigenvalue weighted by Gasteiger charge is 2.21. The van der Waals surface area contributed by atoms with E-state index in [0.29, 0.717) is 17.1 Å². The molecule has 0 saturated heterocycles. The van der Waals surface area contributed by atoms with Gasteiger partial charge in [-0.15, -0.1) is 0 Å². The zero-order valence-corrected chi connectivity index (χ0v) is 21.7. The quantitative estimate of drug-likeness (QED) is 0.261. The molecule has 5 rings (SSSR count). The Balaban J connectivity index is 1.61. The minimum atomic E-state index is -3.73. The summed E-state index contributed by atoms with van der Waals surface area (Å²) in [5, 5.41) is 19.5. The summed E-state index contributed by atoms with van der Waals surface area (Å²) < 4.78 is 54.2. The van der Waals surface area contributed by atoms with Gasteiger partial charge in [0.1, 0.15) is 28.9 Å². The first-order valence-electron chi connectivity index (χ1n) is 11.5. The smallest absolute Gasteiger partial charge is 0.295 e. The number of benzene rings is 1. The van der Waals surface area contributed by atoms with Gasteiger partial charge in [-0.25, -0.2) is 32.2 Å². The molecule has 3 N–H and O–H groups in total. The summed E-state index contributed by atoms with van der Waals surface area (Å²) in [5.41, 5.74) is 2.80. The van der Waals surface area contributed by atoms with Crippen molar-refractivity contribution in [3.8, 4) is 17.3 Å². The Hall–Kier alpha value is -4.90. The highest BCUT2D eigenvalue weighted by Crippen LogP contribution is 2.34. The summed E-state index contributed by atoms with van der Waals surface area (Å²) in [7, 11) is -1.94. The molecule has 11 nitrogen and oxygen atoms in total. The molecule has 0 amide bonds. The molecule has 4 aromatic heterocycles. The van der Waals surface area contributed by atoms with Crippen molar-refractivity contribution >= 4 is 44.0 Å². The summed E-state index contributed by atoms with van der Waals surface area (Å²) in [6, 6.07) is 14.8. The zero-order valence-electron chi connectivity index (χ0n) is 20.9. The van der Waals surface area contributed by atoms with Gasteiger partial charge in [-0.1, -0.05) is 12.1 Å². The molecule has 198 valence electrons. The molecule has 1 aromatic carbocycles. The third-order valence-electron chi connectivity index (χ3n) is 5.86. The highest BCUT2D eigenvalue weighted by molar-refractivity contribution is 7.90. The van der Waals surface area contributed by atoms with Crippen LogP contribution in [0, 0.1) is 18.3 Å². The standard InChI is InChI=1S/C25H21F2N9O2S/c1-13-9-17(35-36(13)2)14-7-8-16(19(10-14)39(3,37)38)30-18-11-21(31-20-6-4-5-15(12-28)29-20)32-24-22(18)33-25(34-24)23(26)27/h4-11,23H,1-3H3,(H3,29,30,31,32,33,34). The van der Waals surface area contributed by atoms with Gasteiger partial charge < -0.3 is 15.6 Å². The maximum atomic E-state index is 13.5. The van der Waals surface area contributed by atoms with E-state index >= 15 is 0 Å². The van der Waals surface area contributed by atoms with Crippen LogP contribution < -0.4 is 10.6 Å². The monoisotopic (exact) mass is 549 g/mol. The number of nitrogens with one attached hydrogen (secondary N) is 3. The zero-order chi connectivity index (χ0) is 27.9. The molecule has 0 aliphatic carbocycles. The third-order valence-corrected chi connectivity index (χ3v) is 6.99. The second-order valence-corrected chi connectivity index (χ2v) is 10.7. The van der Waals surface area contributed by atoms with E-state index in [4.69, 9.17) is 5.26 Å². The molecular weight excluding hydrogens is 528 g/mol. The molecule has 0 unspecified atom stereocenters. The van der Waals surface area contributed by atoms with E-state index in [0.717, 1.165) is 11.9 Å². The Morgan fingerprint density at radius 1 is 1.03 bits per heavy atom. The average Bonchev–Trinajstić information content (AvgIpc) is 3.47. The Morgan fingerprint density at radius 2 is 1.82 bits per heavy atom. The van der Waals surface area contributed by atoms with Crippen LogP contribution in [0.2, 0.25) is 0 Å². The molecule has 0 fully saturated rings. The molecule has 0 aliphatic rings. The maximum absolute atomic E-state index is 13.5. The molecule has 0 bridgehead atoms. The number of halogens is 2. The van der Waals surface area contributed by atoms with Crippen molar-refractivity contribution in [2.75, 3.05) is 16.9 Å². The number of H-pyrrole nitrogens is 1. The molecule has 4 heterocycles. The van der Waals surface area contributed by atoms with E-state index in [1.54, 1.807) is 36.0 Å². The number of hydrogen-bond donors (Lipinski definition) is 3. The number of pyridine rings is 2. The second-order valence-electron chi connectivity index (χ2n) is 8.72. The summed E-state index contributed by atoms with van der Waals surface area (Å²) in [5.74, 6) is -0.0997. The lowest BCUT2D eigenvalue weighted by atomic mass is 10.1. The highest BCUT2D eigenvalue weighted by atomic mass is 32.2. The van der Waals surface area contributed by atoms with Gasteiger partial charge in [-0.2, -0.15) is 10.4 Å². The van der Waals surface area contributed by atoms with E-state index < -0.39 is 22.1 Å². The molecule has 39 heavy (non-hydrogen) atoms. The van der Waals surface area contributed by atoms with Crippen LogP contribution in [0.4, 0.5) is 31.8 Å². The lowest BCUT2D eigenvalue weighted by Crippen LogP contribution is -2.05. The molecule has 0 saturated carbocycles. The third kappa shape index (κ3) is 5.25. The van der Waals surface area contributed by atoms with Gasteiger partial charge in [0.05, 0.1) is 22.0 Å². The predicted molar refractivity (Wildman–Crippen MR) is 141 cm³/mol. The number of rotatable bonds is 7. The minimum Gasteiger partial charge on any atom is -0.352 e. The number of nitriles is 1.